The van der Waals surface area contributed by atoms with Gasteiger partial charge in [0, 0.05) is 23.6 Å². The minimum atomic E-state index is -0.0487. The predicted octanol–water partition coefficient (Wildman–Crippen LogP) is 3.98. The maximum Gasteiger partial charge on any atom is 0.234 e. The van der Waals surface area contributed by atoms with Crippen molar-refractivity contribution in [2.45, 2.75) is 18.6 Å². The standard InChI is InChI=1S/C20H21N3O2S/c1-15-6-5-8-17(12-15)22-19(24)14-26-20-21-10-11-23(20)13-16-7-3-4-9-18(16)25-2/h3-12H,13-14H2,1-2H3,(H,22,24). The monoisotopic (exact) mass is 367 g/mol. The highest BCUT2D eigenvalue weighted by atomic mass is 32.2. The maximum atomic E-state index is 12.2. The molecule has 0 unspecified atom stereocenters. The number of hydrogen-bond donors (Lipinski definition) is 1. The second kappa shape index (κ2) is 8.58. The maximum absolute atomic E-state index is 12.2. The Kier molecular flexibility index (Phi) is 5.96. The quantitative estimate of drug-likeness (QED) is 0.642. The minimum absolute atomic E-state index is 0.0487. The van der Waals surface area contributed by atoms with Crippen LogP contribution in [0.15, 0.2) is 66.1 Å². The van der Waals surface area contributed by atoms with Gasteiger partial charge in [0.1, 0.15) is 5.75 Å². The van der Waals surface area contributed by atoms with E-state index in [2.05, 4.69) is 10.3 Å². The van der Waals surface area contributed by atoms with Gasteiger partial charge < -0.3 is 14.6 Å². The summed E-state index contributed by atoms with van der Waals surface area (Å²) in [5.74, 6) is 1.10. The van der Waals surface area contributed by atoms with E-state index >= 15 is 0 Å². The van der Waals surface area contributed by atoms with Crippen LogP contribution in [0.5, 0.6) is 5.75 Å². The van der Waals surface area contributed by atoms with E-state index < -0.39 is 0 Å². The highest BCUT2D eigenvalue weighted by Crippen LogP contribution is 2.22. The van der Waals surface area contributed by atoms with Crippen LogP contribution < -0.4 is 10.1 Å². The first kappa shape index (κ1) is 18.1. The number of imidazole rings is 1. The van der Waals surface area contributed by atoms with Gasteiger partial charge in [0.2, 0.25) is 5.91 Å². The van der Waals surface area contributed by atoms with E-state index in [9.17, 15) is 4.79 Å². The summed E-state index contributed by atoms with van der Waals surface area (Å²) in [6.07, 6.45) is 3.66. The minimum Gasteiger partial charge on any atom is -0.496 e. The smallest absolute Gasteiger partial charge is 0.234 e. The fourth-order valence-corrected chi connectivity index (χ4v) is 3.38. The molecule has 5 nitrogen and oxygen atoms in total. The molecule has 3 aromatic rings. The number of thioether (sulfide) groups is 1. The molecule has 0 saturated carbocycles. The Hall–Kier alpha value is -2.73. The Morgan fingerprint density at radius 2 is 2.08 bits per heavy atom. The molecule has 26 heavy (non-hydrogen) atoms. The number of amides is 1. The second-order valence-corrected chi connectivity index (χ2v) is 6.80. The SMILES string of the molecule is COc1ccccc1Cn1ccnc1SCC(=O)Nc1cccc(C)c1. The highest BCUT2D eigenvalue weighted by Gasteiger charge is 2.10. The number of rotatable bonds is 7. The number of nitrogens with one attached hydrogen (secondary N) is 1. The summed E-state index contributed by atoms with van der Waals surface area (Å²) >= 11 is 1.42. The fraction of sp³-hybridized carbons (Fsp3) is 0.200. The number of carbonyl (C=O) groups is 1. The molecule has 0 atom stereocenters. The largest absolute Gasteiger partial charge is 0.496 e. The van der Waals surface area contributed by atoms with E-state index in [1.807, 2.05) is 66.2 Å². The zero-order valence-electron chi connectivity index (χ0n) is 14.8. The lowest BCUT2D eigenvalue weighted by molar-refractivity contribution is -0.113. The Morgan fingerprint density at radius 3 is 2.88 bits per heavy atom. The topological polar surface area (TPSA) is 56.2 Å². The molecular formula is C20H21N3O2S. The van der Waals surface area contributed by atoms with E-state index in [1.54, 1.807) is 13.3 Å². The van der Waals surface area contributed by atoms with Crippen LogP contribution in [-0.2, 0) is 11.3 Å². The first-order valence-corrected chi connectivity index (χ1v) is 9.26. The van der Waals surface area contributed by atoms with Crippen LogP contribution in [-0.4, -0.2) is 28.3 Å². The van der Waals surface area contributed by atoms with Crippen molar-refractivity contribution in [2.24, 2.45) is 0 Å². The molecule has 2 aromatic carbocycles. The van der Waals surface area contributed by atoms with Crippen LogP contribution in [0.2, 0.25) is 0 Å². The van der Waals surface area contributed by atoms with Crippen molar-refractivity contribution in [2.75, 3.05) is 18.2 Å². The first-order chi connectivity index (χ1) is 12.7. The van der Waals surface area contributed by atoms with Gasteiger partial charge in [-0.25, -0.2) is 4.98 Å². The molecule has 0 aliphatic carbocycles. The molecule has 0 radical (unpaired) electrons. The predicted molar refractivity (Wildman–Crippen MR) is 105 cm³/mol. The van der Waals surface area contributed by atoms with Crippen LogP contribution in [0.3, 0.4) is 0 Å². The summed E-state index contributed by atoms with van der Waals surface area (Å²) in [6.45, 7) is 2.64. The number of carbonyl (C=O) groups excluding carboxylic acids is 1. The van der Waals surface area contributed by atoms with Crippen LogP contribution >= 0.6 is 11.8 Å². The van der Waals surface area contributed by atoms with E-state index in [1.165, 1.54) is 11.8 Å². The van der Waals surface area contributed by atoms with Crippen LogP contribution in [0, 0.1) is 6.92 Å². The average molecular weight is 367 g/mol. The van der Waals surface area contributed by atoms with Gasteiger partial charge in [-0.1, -0.05) is 42.1 Å². The van der Waals surface area contributed by atoms with E-state index in [0.717, 1.165) is 27.7 Å². The molecule has 0 saturated heterocycles. The number of ether oxygens (including phenoxy) is 1. The van der Waals surface area contributed by atoms with Gasteiger partial charge in [0.25, 0.3) is 0 Å². The summed E-state index contributed by atoms with van der Waals surface area (Å²) < 4.78 is 7.42. The molecule has 0 spiro atoms. The molecule has 0 aliphatic heterocycles. The van der Waals surface area contributed by atoms with Gasteiger partial charge in [-0.2, -0.15) is 0 Å². The van der Waals surface area contributed by atoms with Crippen LogP contribution in [0.25, 0.3) is 0 Å². The number of benzene rings is 2. The molecule has 0 fully saturated rings. The van der Waals surface area contributed by atoms with Gasteiger partial charge in [-0.15, -0.1) is 0 Å². The van der Waals surface area contributed by atoms with Gasteiger partial charge in [-0.05, 0) is 30.7 Å². The van der Waals surface area contributed by atoms with Crippen molar-refractivity contribution < 1.29 is 9.53 Å². The van der Waals surface area contributed by atoms with Crippen LogP contribution in [0.1, 0.15) is 11.1 Å². The van der Waals surface area contributed by atoms with Gasteiger partial charge in [0.05, 0.1) is 19.4 Å². The molecule has 0 bridgehead atoms. The zero-order chi connectivity index (χ0) is 18.4. The second-order valence-electron chi connectivity index (χ2n) is 5.86. The van der Waals surface area contributed by atoms with Gasteiger partial charge >= 0.3 is 0 Å². The Balaban J connectivity index is 1.61. The number of nitrogens with zero attached hydrogens (tertiary/aromatic N) is 2. The molecule has 1 heterocycles. The third-order valence-corrected chi connectivity index (χ3v) is 4.85. The Labute approximate surface area is 157 Å². The number of methoxy groups -OCH3 is 1. The van der Waals surface area contributed by atoms with Crippen molar-refractivity contribution in [3.05, 3.63) is 72.1 Å². The number of aromatic nitrogens is 2. The molecule has 134 valence electrons. The molecule has 3 rings (SSSR count). The van der Waals surface area contributed by atoms with E-state index in [4.69, 9.17) is 4.74 Å². The van der Waals surface area contributed by atoms with Crippen molar-refractivity contribution >= 4 is 23.4 Å². The van der Waals surface area contributed by atoms with Crippen molar-refractivity contribution in [1.82, 2.24) is 9.55 Å². The number of anilines is 1. The molecule has 1 aromatic heterocycles. The molecular weight excluding hydrogens is 346 g/mol. The van der Waals surface area contributed by atoms with Crippen molar-refractivity contribution in [1.29, 1.82) is 0 Å². The third-order valence-electron chi connectivity index (χ3n) is 3.84. The lowest BCUT2D eigenvalue weighted by atomic mass is 10.2. The molecule has 6 heteroatoms. The summed E-state index contributed by atoms with van der Waals surface area (Å²) in [5.41, 5.74) is 3.00. The van der Waals surface area contributed by atoms with Gasteiger partial charge in [-0.3, -0.25) is 4.79 Å². The summed E-state index contributed by atoms with van der Waals surface area (Å²) in [6, 6.07) is 15.7. The molecule has 0 aliphatic rings. The molecule has 1 amide bonds. The van der Waals surface area contributed by atoms with Gasteiger partial charge in [0.15, 0.2) is 5.16 Å². The number of hydrogen-bond acceptors (Lipinski definition) is 4. The lowest BCUT2D eigenvalue weighted by Crippen LogP contribution is -2.14. The first-order valence-electron chi connectivity index (χ1n) is 8.28. The number of aryl methyl sites for hydroxylation is 1. The lowest BCUT2D eigenvalue weighted by Gasteiger charge is -2.11. The highest BCUT2D eigenvalue weighted by molar-refractivity contribution is 7.99. The summed E-state index contributed by atoms with van der Waals surface area (Å²) in [5, 5.41) is 3.72. The Bertz CT molecular complexity index is 892. The summed E-state index contributed by atoms with van der Waals surface area (Å²) in [4.78, 5) is 16.6. The Morgan fingerprint density at radius 1 is 1.23 bits per heavy atom. The summed E-state index contributed by atoms with van der Waals surface area (Å²) in [7, 11) is 1.66. The average Bonchev–Trinajstić information content (AvgIpc) is 3.07. The number of para-hydroxylation sites is 1. The van der Waals surface area contributed by atoms with Crippen molar-refractivity contribution in [3.63, 3.8) is 0 Å². The molecule has 1 N–H and O–H groups in total. The van der Waals surface area contributed by atoms with Crippen molar-refractivity contribution in [3.8, 4) is 5.75 Å². The zero-order valence-corrected chi connectivity index (χ0v) is 15.6. The van der Waals surface area contributed by atoms with E-state index in [-0.39, 0.29) is 5.91 Å². The fourth-order valence-electron chi connectivity index (χ4n) is 2.62. The van der Waals surface area contributed by atoms with E-state index in [0.29, 0.717) is 12.3 Å². The van der Waals surface area contributed by atoms with Crippen LogP contribution in [0.4, 0.5) is 5.69 Å². The third kappa shape index (κ3) is 4.67. The normalized spacial score (nSPS) is 10.5.